The Balaban J connectivity index is 2.12. The summed E-state index contributed by atoms with van der Waals surface area (Å²) in [5.74, 6) is -1.03. The summed E-state index contributed by atoms with van der Waals surface area (Å²) in [6.45, 7) is 3.96. The molecule has 1 N–H and O–H groups in total. The van der Waals surface area contributed by atoms with Gasteiger partial charge >= 0.3 is 5.97 Å². The minimum atomic E-state index is -0.983. The van der Waals surface area contributed by atoms with E-state index in [0.717, 1.165) is 11.3 Å². The average Bonchev–Trinajstić information content (AvgIpc) is 3.05. The summed E-state index contributed by atoms with van der Waals surface area (Å²) in [6, 6.07) is 0. The molecule has 0 aliphatic heterocycles. The Hall–Kier alpha value is -2.06. The number of carboxylic acids is 1. The van der Waals surface area contributed by atoms with E-state index in [2.05, 4.69) is 9.97 Å². The second-order valence-corrected chi connectivity index (χ2v) is 5.92. The van der Waals surface area contributed by atoms with Gasteiger partial charge in [-0.15, -0.1) is 22.7 Å². The van der Waals surface area contributed by atoms with E-state index in [9.17, 15) is 9.59 Å². The van der Waals surface area contributed by atoms with Crippen LogP contribution in [0, 0.1) is 0 Å². The fourth-order valence-electron chi connectivity index (χ4n) is 1.59. The van der Waals surface area contributed by atoms with E-state index in [4.69, 9.17) is 5.11 Å². The maximum absolute atomic E-state index is 11.4. The van der Waals surface area contributed by atoms with Crippen LogP contribution in [0.2, 0.25) is 0 Å². The lowest BCUT2D eigenvalue weighted by atomic mass is 10.4. The van der Waals surface area contributed by atoms with Gasteiger partial charge in [0.15, 0.2) is 5.13 Å². The normalized spacial score (nSPS) is 11.0. The van der Waals surface area contributed by atoms with E-state index < -0.39 is 5.97 Å². The number of carbonyl (C=O) groups is 2. The molecule has 0 aliphatic rings. The zero-order chi connectivity index (χ0) is 15.4. The Morgan fingerprint density at radius 1 is 1.43 bits per heavy atom. The monoisotopic (exact) mass is 323 g/mol. The van der Waals surface area contributed by atoms with Crippen LogP contribution in [0.1, 0.15) is 34.2 Å². The molecule has 2 heterocycles. The maximum Gasteiger partial charge on any atom is 0.347 e. The van der Waals surface area contributed by atoms with Gasteiger partial charge in [0.2, 0.25) is 5.91 Å². The summed E-state index contributed by atoms with van der Waals surface area (Å²) >= 11 is 2.48. The molecule has 2 aromatic heterocycles. The molecule has 0 aromatic carbocycles. The Bertz CT molecular complexity index is 690. The van der Waals surface area contributed by atoms with Crippen molar-refractivity contribution in [2.75, 3.05) is 11.4 Å². The number of aromatic carboxylic acids is 1. The van der Waals surface area contributed by atoms with Gasteiger partial charge in [-0.2, -0.15) is 0 Å². The molecule has 0 saturated heterocycles. The number of aromatic nitrogens is 2. The molecule has 0 aliphatic carbocycles. The molecule has 0 spiro atoms. The molecule has 0 atom stereocenters. The summed E-state index contributed by atoms with van der Waals surface area (Å²) < 4.78 is 0. The van der Waals surface area contributed by atoms with Crippen LogP contribution in [-0.4, -0.2) is 33.5 Å². The zero-order valence-corrected chi connectivity index (χ0v) is 13.1. The van der Waals surface area contributed by atoms with Crippen molar-refractivity contribution in [2.24, 2.45) is 0 Å². The quantitative estimate of drug-likeness (QED) is 0.914. The van der Waals surface area contributed by atoms with Crippen LogP contribution in [0.3, 0.4) is 0 Å². The first-order valence-corrected chi connectivity index (χ1v) is 7.81. The first-order chi connectivity index (χ1) is 10.0. The van der Waals surface area contributed by atoms with Crippen LogP contribution < -0.4 is 4.90 Å². The summed E-state index contributed by atoms with van der Waals surface area (Å²) in [6.07, 6.45) is 4.78. The zero-order valence-electron chi connectivity index (χ0n) is 11.4. The number of carboxylic acid groups (broad SMARTS) is 1. The van der Waals surface area contributed by atoms with Crippen LogP contribution >= 0.6 is 22.7 Å². The minimum absolute atomic E-state index is 0.0478. The predicted octanol–water partition coefficient (Wildman–Crippen LogP) is 2.84. The molecule has 6 nitrogen and oxygen atoms in total. The lowest BCUT2D eigenvalue weighted by Crippen LogP contribution is -2.27. The van der Waals surface area contributed by atoms with Crippen LogP contribution in [-0.2, 0) is 4.79 Å². The summed E-state index contributed by atoms with van der Waals surface area (Å²) in [7, 11) is 0. The molecular weight excluding hydrogens is 310 g/mol. The number of hydrogen-bond acceptors (Lipinski definition) is 6. The third-order valence-corrected chi connectivity index (χ3v) is 4.40. The molecule has 1 amide bonds. The van der Waals surface area contributed by atoms with Gasteiger partial charge in [-0.1, -0.05) is 0 Å². The second kappa shape index (κ2) is 6.59. The van der Waals surface area contributed by atoms with E-state index >= 15 is 0 Å². The largest absolute Gasteiger partial charge is 0.477 e. The Labute approximate surface area is 129 Å². The van der Waals surface area contributed by atoms with E-state index in [-0.39, 0.29) is 10.8 Å². The van der Waals surface area contributed by atoms with Crippen molar-refractivity contribution in [1.29, 1.82) is 0 Å². The highest BCUT2D eigenvalue weighted by molar-refractivity contribution is 7.14. The summed E-state index contributed by atoms with van der Waals surface area (Å²) in [4.78, 5) is 32.3. The second-order valence-electron chi connectivity index (χ2n) is 4.02. The lowest BCUT2D eigenvalue weighted by Gasteiger charge is -2.14. The van der Waals surface area contributed by atoms with Gasteiger partial charge in [0.1, 0.15) is 9.88 Å². The standard InChI is InChI=1S/C13H13N3O3S2/c1-3-16(8(2)17)13-15-9(7-20-13)4-5-11-14-6-10(21-11)12(18)19/h4-7H,3H2,1-2H3,(H,18,19)/b5-4-. The van der Waals surface area contributed by atoms with Crippen molar-refractivity contribution < 1.29 is 14.7 Å². The highest BCUT2D eigenvalue weighted by Gasteiger charge is 2.12. The molecular formula is C13H13N3O3S2. The Morgan fingerprint density at radius 3 is 2.76 bits per heavy atom. The van der Waals surface area contributed by atoms with Crippen molar-refractivity contribution in [3.63, 3.8) is 0 Å². The van der Waals surface area contributed by atoms with Gasteiger partial charge in [0.25, 0.3) is 0 Å². The van der Waals surface area contributed by atoms with Gasteiger partial charge in [-0.25, -0.2) is 14.8 Å². The molecule has 0 bridgehead atoms. The van der Waals surface area contributed by atoms with Gasteiger partial charge in [0.05, 0.1) is 11.9 Å². The van der Waals surface area contributed by atoms with Crippen LogP contribution in [0.4, 0.5) is 5.13 Å². The Morgan fingerprint density at radius 2 is 2.19 bits per heavy atom. The number of carbonyl (C=O) groups excluding carboxylic acids is 1. The van der Waals surface area contributed by atoms with E-state index in [1.54, 1.807) is 17.1 Å². The van der Waals surface area contributed by atoms with Gasteiger partial charge in [-0.05, 0) is 19.1 Å². The number of hydrogen-bond donors (Lipinski definition) is 1. The van der Waals surface area contributed by atoms with Crippen LogP contribution in [0.15, 0.2) is 11.6 Å². The lowest BCUT2D eigenvalue weighted by molar-refractivity contribution is -0.116. The topological polar surface area (TPSA) is 83.4 Å². The number of amides is 1. The van der Waals surface area contributed by atoms with Crippen molar-refractivity contribution in [2.45, 2.75) is 13.8 Å². The SMILES string of the molecule is CCN(C(C)=O)c1nc(/C=C\c2ncc(C(=O)O)s2)cs1. The smallest absolute Gasteiger partial charge is 0.347 e. The summed E-state index contributed by atoms with van der Waals surface area (Å²) in [5.41, 5.74) is 0.710. The minimum Gasteiger partial charge on any atom is -0.477 e. The van der Waals surface area contributed by atoms with Gasteiger partial charge in [0, 0.05) is 18.8 Å². The van der Waals surface area contributed by atoms with E-state index in [1.165, 1.54) is 24.5 Å². The van der Waals surface area contributed by atoms with Crippen molar-refractivity contribution in [3.05, 3.63) is 27.2 Å². The third-order valence-electron chi connectivity index (χ3n) is 2.57. The highest BCUT2D eigenvalue weighted by atomic mass is 32.1. The average molecular weight is 323 g/mol. The number of nitrogens with zero attached hydrogens (tertiary/aromatic N) is 3. The predicted molar refractivity (Wildman–Crippen MR) is 83.8 cm³/mol. The molecule has 0 unspecified atom stereocenters. The molecule has 2 rings (SSSR count). The van der Waals surface area contributed by atoms with Gasteiger partial charge < -0.3 is 5.11 Å². The fraction of sp³-hybridized carbons (Fsp3) is 0.231. The molecule has 8 heteroatoms. The van der Waals surface area contributed by atoms with Gasteiger partial charge in [-0.3, -0.25) is 9.69 Å². The summed E-state index contributed by atoms with van der Waals surface area (Å²) in [5, 5.41) is 11.9. The van der Waals surface area contributed by atoms with Crippen LogP contribution in [0.5, 0.6) is 0 Å². The van der Waals surface area contributed by atoms with Crippen LogP contribution in [0.25, 0.3) is 12.2 Å². The molecule has 2 aromatic rings. The number of rotatable bonds is 5. The number of anilines is 1. The molecule has 0 radical (unpaired) electrons. The van der Waals surface area contributed by atoms with E-state index in [1.807, 2.05) is 12.3 Å². The first-order valence-electron chi connectivity index (χ1n) is 6.12. The molecule has 21 heavy (non-hydrogen) atoms. The van der Waals surface area contributed by atoms with E-state index in [0.29, 0.717) is 22.4 Å². The molecule has 0 saturated carbocycles. The molecule has 110 valence electrons. The fourth-order valence-corrected chi connectivity index (χ4v) is 3.15. The van der Waals surface area contributed by atoms with Crippen molar-refractivity contribution >= 4 is 51.8 Å². The van der Waals surface area contributed by atoms with Crippen molar-refractivity contribution in [1.82, 2.24) is 9.97 Å². The highest BCUT2D eigenvalue weighted by Crippen LogP contribution is 2.22. The van der Waals surface area contributed by atoms with Crippen molar-refractivity contribution in [3.8, 4) is 0 Å². The Kier molecular flexibility index (Phi) is 4.81. The number of thiazole rings is 2. The maximum atomic E-state index is 11.4. The third kappa shape index (κ3) is 3.73. The first kappa shape index (κ1) is 15.3. The molecule has 0 fully saturated rings.